The molecule has 0 bridgehead atoms. The summed E-state index contributed by atoms with van der Waals surface area (Å²) in [5, 5.41) is 0. The molecule has 1 aliphatic rings. The van der Waals surface area contributed by atoms with Crippen molar-refractivity contribution in [3.05, 3.63) is 23.8 Å². The van der Waals surface area contributed by atoms with Crippen LogP contribution in [0.3, 0.4) is 0 Å². The van der Waals surface area contributed by atoms with Gasteiger partial charge in [-0.1, -0.05) is 6.92 Å². The summed E-state index contributed by atoms with van der Waals surface area (Å²) < 4.78 is 0. The molecule has 0 radical (unpaired) electrons. The third-order valence-corrected chi connectivity index (χ3v) is 0.867. The normalized spacial score (nSPS) is 13.9. The topological polar surface area (TPSA) is 0 Å². The molecule has 0 aliphatic heterocycles. The average molecular weight is 163 g/mol. The van der Waals surface area contributed by atoms with Gasteiger partial charge in [0.2, 0.25) is 0 Å². The Morgan fingerprint density at radius 2 is 2.25 bits per heavy atom. The zero-order chi connectivity index (χ0) is 4.41. The van der Waals surface area contributed by atoms with Crippen molar-refractivity contribution < 1.29 is 21.7 Å². The fourth-order valence-corrected chi connectivity index (χ4v) is 0.515. The van der Waals surface area contributed by atoms with Crippen LogP contribution in [0.15, 0.2) is 17.7 Å². The van der Waals surface area contributed by atoms with Crippen molar-refractivity contribution in [1.29, 1.82) is 0 Å². The zero-order valence-electron chi connectivity index (χ0n) is 4.77. The van der Waals surface area contributed by atoms with Crippen LogP contribution in [0.5, 0.6) is 0 Å². The Morgan fingerprint density at radius 1 is 1.62 bits per heavy atom. The standard InChI is InChI=1S/C6H7.ClH.Ti/c1-6-4-2-3-5-6;;/h2,4H,3H2,1H3;1H;/q-1;;. The minimum absolute atomic E-state index is 0. The largest absolute Gasteiger partial charge is 0.270 e. The van der Waals surface area contributed by atoms with Crippen LogP contribution < -0.4 is 0 Å². The van der Waals surface area contributed by atoms with Gasteiger partial charge in [0.05, 0.1) is 0 Å². The summed E-state index contributed by atoms with van der Waals surface area (Å²) in [7, 11) is 0. The van der Waals surface area contributed by atoms with Crippen molar-refractivity contribution in [2.75, 3.05) is 0 Å². The summed E-state index contributed by atoms with van der Waals surface area (Å²) in [6, 6.07) is 0. The molecule has 0 amide bonds. The first-order valence-corrected chi connectivity index (χ1v) is 2.13. The third kappa shape index (κ3) is 3.48. The van der Waals surface area contributed by atoms with Crippen LogP contribution >= 0.6 is 12.4 Å². The maximum absolute atomic E-state index is 3.12. The fourth-order valence-electron chi connectivity index (χ4n) is 0.515. The monoisotopic (exact) mass is 163 g/mol. The van der Waals surface area contributed by atoms with Crippen LogP contribution in [-0.4, -0.2) is 0 Å². The van der Waals surface area contributed by atoms with Crippen molar-refractivity contribution >= 4 is 12.4 Å². The Balaban J connectivity index is 0. The summed E-state index contributed by atoms with van der Waals surface area (Å²) in [5.74, 6) is 0. The molecule has 0 saturated heterocycles. The van der Waals surface area contributed by atoms with Gasteiger partial charge in [0.15, 0.2) is 0 Å². The predicted molar refractivity (Wildman–Crippen MR) is 33.4 cm³/mol. The summed E-state index contributed by atoms with van der Waals surface area (Å²) in [6.45, 7) is 2.06. The predicted octanol–water partition coefficient (Wildman–Crippen LogP) is 2.12. The van der Waals surface area contributed by atoms with Crippen molar-refractivity contribution in [1.82, 2.24) is 0 Å². The molecular formula is C6H8ClTi-. The van der Waals surface area contributed by atoms with E-state index < -0.39 is 0 Å². The van der Waals surface area contributed by atoms with Crippen molar-refractivity contribution in [3.63, 3.8) is 0 Å². The second-order valence-corrected chi connectivity index (χ2v) is 1.47. The van der Waals surface area contributed by atoms with E-state index in [1.807, 2.05) is 0 Å². The van der Waals surface area contributed by atoms with Gasteiger partial charge < -0.3 is 0 Å². The molecule has 0 spiro atoms. The van der Waals surface area contributed by atoms with Crippen molar-refractivity contribution in [2.24, 2.45) is 0 Å². The second kappa shape index (κ2) is 5.62. The van der Waals surface area contributed by atoms with Crippen LogP contribution in [-0.2, 0) is 21.7 Å². The molecule has 44 valence electrons. The molecule has 2 heteroatoms. The van der Waals surface area contributed by atoms with Gasteiger partial charge in [0, 0.05) is 21.7 Å². The van der Waals surface area contributed by atoms with Gasteiger partial charge in [-0.2, -0.15) is 6.08 Å². The molecular weight excluding hydrogens is 155 g/mol. The minimum Gasteiger partial charge on any atom is -0.270 e. The Kier molecular flexibility index (Phi) is 7.94. The van der Waals surface area contributed by atoms with Gasteiger partial charge >= 0.3 is 0 Å². The Morgan fingerprint density at radius 3 is 2.38 bits per heavy atom. The van der Waals surface area contributed by atoms with E-state index in [4.69, 9.17) is 0 Å². The first kappa shape index (κ1) is 11.3. The molecule has 0 aromatic rings. The molecule has 8 heavy (non-hydrogen) atoms. The van der Waals surface area contributed by atoms with Gasteiger partial charge in [0.25, 0.3) is 0 Å². The smallest absolute Gasteiger partial charge is 0 e. The molecule has 0 unspecified atom stereocenters. The Labute approximate surface area is 71.3 Å². The SMILES string of the molecule is CC1=[C-]CC=C1.Cl.[Ti]. The zero-order valence-corrected chi connectivity index (χ0v) is 7.15. The molecule has 0 atom stereocenters. The maximum Gasteiger partial charge on any atom is 0 e. The first-order chi connectivity index (χ1) is 2.89. The van der Waals surface area contributed by atoms with Gasteiger partial charge in [0.1, 0.15) is 0 Å². The van der Waals surface area contributed by atoms with E-state index in [0.29, 0.717) is 0 Å². The van der Waals surface area contributed by atoms with E-state index in [0.717, 1.165) is 6.42 Å². The van der Waals surface area contributed by atoms with Gasteiger partial charge in [-0.05, 0) is 0 Å². The number of allylic oxidation sites excluding steroid dienone is 4. The summed E-state index contributed by atoms with van der Waals surface area (Å²) >= 11 is 0. The molecule has 1 aliphatic carbocycles. The van der Waals surface area contributed by atoms with E-state index in [-0.39, 0.29) is 34.1 Å². The van der Waals surface area contributed by atoms with E-state index in [2.05, 4.69) is 25.2 Å². The molecule has 0 heterocycles. The van der Waals surface area contributed by atoms with Gasteiger partial charge in [-0.15, -0.1) is 18.8 Å². The molecule has 0 aromatic carbocycles. The summed E-state index contributed by atoms with van der Waals surface area (Å²) in [4.78, 5) is 0. The van der Waals surface area contributed by atoms with E-state index in [1.54, 1.807) is 0 Å². The quantitative estimate of drug-likeness (QED) is 0.379. The second-order valence-electron chi connectivity index (χ2n) is 1.47. The minimum atomic E-state index is 0. The van der Waals surface area contributed by atoms with E-state index >= 15 is 0 Å². The van der Waals surface area contributed by atoms with Crippen LogP contribution in [0.2, 0.25) is 0 Å². The number of hydrogen-bond donors (Lipinski definition) is 0. The van der Waals surface area contributed by atoms with Crippen molar-refractivity contribution in [2.45, 2.75) is 13.3 Å². The molecule has 0 nitrogen and oxygen atoms in total. The number of hydrogen-bond acceptors (Lipinski definition) is 0. The Hall–Kier alpha value is 0.484. The Bertz CT molecular complexity index is 102. The van der Waals surface area contributed by atoms with Crippen LogP contribution in [0.1, 0.15) is 13.3 Å². The van der Waals surface area contributed by atoms with Crippen LogP contribution in [0.25, 0.3) is 0 Å². The van der Waals surface area contributed by atoms with E-state index in [1.165, 1.54) is 5.57 Å². The van der Waals surface area contributed by atoms with Gasteiger partial charge in [-0.25, -0.2) is 11.6 Å². The number of halogens is 1. The molecule has 0 aromatic heterocycles. The third-order valence-electron chi connectivity index (χ3n) is 0.867. The van der Waals surface area contributed by atoms with E-state index in [9.17, 15) is 0 Å². The fraction of sp³-hybridized carbons (Fsp3) is 0.333. The summed E-state index contributed by atoms with van der Waals surface area (Å²) in [6.07, 6.45) is 8.33. The average Bonchev–Trinajstić information content (AvgIpc) is 1.86. The van der Waals surface area contributed by atoms with Crippen LogP contribution in [0.4, 0.5) is 0 Å². The first-order valence-electron chi connectivity index (χ1n) is 2.13. The molecule has 0 fully saturated rings. The number of rotatable bonds is 0. The van der Waals surface area contributed by atoms with Crippen molar-refractivity contribution in [3.8, 4) is 0 Å². The molecule has 1 rings (SSSR count). The maximum atomic E-state index is 3.12. The summed E-state index contributed by atoms with van der Waals surface area (Å²) in [5.41, 5.74) is 1.27. The molecule has 0 N–H and O–H groups in total. The molecule has 0 saturated carbocycles. The van der Waals surface area contributed by atoms with Crippen LogP contribution in [0, 0.1) is 6.08 Å². The van der Waals surface area contributed by atoms with Gasteiger partial charge in [-0.3, -0.25) is 6.08 Å².